The Morgan fingerprint density at radius 2 is 1.58 bits per heavy atom. The molecule has 0 bridgehead atoms. The number of nitrogens with zero attached hydrogens (tertiary/aromatic N) is 4. The molecular formula is C24H28N6O3. The number of morpholine rings is 1. The van der Waals surface area contributed by atoms with E-state index in [0.29, 0.717) is 56.3 Å². The molecule has 0 saturated carbocycles. The van der Waals surface area contributed by atoms with E-state index in [1.165, 1.54) is 11.1 Å². The van der Waals surface area contributed by atoms with Gasteiger partial charge in [-0.05, 0) is 68.3 Å². The molecule has 1 aliphatic heterocycles. The van der Waals surface area contributed by atoms with E-state index in [-0.39, 0.29) is 5.97 Å². The first kappa shape index (κ1) is 22.5. The van der Waals surface area contributed by atoms with Crippen molar-refractivity contribution < 1.29 is 14.3 Å². The van der Waals surface area contributed by atoms with Gasteiger partial charge in [-0.25, -0.2) is 4.79 Å². The van der Waals surface area contributed by atoms with Crippen molar-refractivity contribution in [2.24, 2.45) is 0 Å². The average Bonchev–Trinajstić information content (AvgIpc) is 2.82. The maximum Gasteiger partial charge on any atom is 0.338 e. The number of hydrogen-bond acceptors (Lipinski definition) is 9. The maximum absolute atomic E-state index is 11.9. The molecule has 2 N–H and O–H groups in total. The highest BCUT2D eigenvalue weighted by Gasteiger charge is 2.17. The third-order valence-electron chi connectivity index (χ3n) is 5.33. The van der Waals surface area contributed by atoms with Crippen LogP contribution >= 0.6 is 0 Å². The van der Waals surface area contributed by atoms with Crippen LogP contribution in [-0.4, -0.2) is 53.8 Å². The lowest BCUT2D eigenvalue weighted by Crippen LogP contribution is -2.37. The molecule has 172 valence electrons. The number of carbonyl (C=O) groups is 1. The van der Waals surface area contributed by atoms with Crippen molar-refractivity contribution in [2.75, 3.05) is 48.4 Å². The molecule has 2 aromatic carbocycles. The van der Waals surface area contributed by atoms with Crippen LogP contribution in [0.3, 0.4) is 0 Å². The molecule has 1 aromatic heterocycles. The summed E-state index contributed by atoms with van der Waals surface area (Å²) in [6, 6.07) is 13.1. The van der Waals surface area contributed by atoms with Crippen molar-refractivity contribution in [1.82, 2.24) is 15.0 Å². The number of benzene rings is 2. The zero-order valence-corrected chi connectivity index (χ0v) is 19.1. The van der Waals surface area contributed by atoms with E-state index in [2.05, 4.69) is 56.5 Å². The lowest BCUT2D eigenvalue weighted by atomic mass is 10.1. The normalized spacial score (nSPS) is 13.5. The molecule has 1 saturated heterocycles. The Kier molecular flexibility index (Phi) is 6.99. The number of anilines is 5. The van der Waals surface area contributed by atoms with E-state index in [1.807, 2.05) is 6.07 Å². The Labute approximate surface area is 193 Å². The Morgan fingerprint density at radius 1 is 0.939 bits per heavy atom. The van der Waals surface area contributed by atoms with Gasteiger partial charge in [-0.3, -0.25) is 0 Å². The third kappa shape index (κ3) is 5.75. The molecule has 3 aromatic rings. The largest absolute Gasteiger partial charge is 0.462 e. The molecule has 0 atom stereocenters. The van der Waals surface area contributed by atoms with Crippen LogP contribution in [0.15, 0.2) is 42.5 Å². The smallest absolute Gasteiger partial charge is 0.338 e. The van der Waals surface area contributed by atoms with E-state index in [0.717, 1.165) is 11.4 Å². The summed E-state index contributed by atoms with van der Waals surface area (Å²) >= 11 is 0. The average molecular weight is 449 g/mol. The van der Waals surface area contributed by atoms with Crippen molar-refractivity contribution in [3.05, 3.63) is 59.2 Å². The van der Waals surface area contributed by atoms with E-state index in [1.54, 1.807) is 31.2 Å². The fourth-order valence-corrected chi connectivity index (χ4v) is 3.36. The van der Waals surface area contributed by atoms with Gasteiger partial charge in [-0.1, -0.05) is 6.07 Å². The topological polar surface area (TPSA) is 102 Å². The molecule has 0 radical (unpaired) electrons. The monoisotopic (exact) mass is 448 g/mol. The van der Waals surface area contributed by atoms with E-state index >= 15 is 0 Å². The van der Waals surface area contributed by atoms with Crippen molar-refractivity contribution >= 4 is 35.2 Å². The van der Waals surface area contributed by atoms with Gasteiger partial charge in [-0.15, -0.1) is 0 Å². The summed E-state index contributed by atoms with van der Waals surface area (Å²) in [4.78, 5) is 27.8. The van der Waals surface area contributed by atoms with Crippen LogP contribution in [0.25, 0.3) is 0 Å². The number of nitrogens with one attached hydrogen (secondary N) is 2. The standard InChI is InChI=1S/C24H28N6O3/c1-4-33-21(31)18-6-9-19(10-7-18)25-22-27-23(26-20-8-5-16(2)17(3)15-20)29-24(28-22)30-11-13-32-14-12-30/h5-10,15H,4,11-14H2,1-3H3,(H2,25,26,27,28,29). The number of aryl methyl sites for hydroxylation is 2. The molecule has 0 aliphatic carbocycles. The molecule has 33 heavy (non-hydrogen) atoms. The molecule has 9 heteroatoms. The zero-order chi connectivity index (χ0) is 23.2. The summed E-state index contributed by atoms with van der Waals surface area (Å²) in [6.45, 7) is 8.94. The van der Waals surface area contributed by atoms with Crippen molar-refractivity contribution in [3.63, 3.8) is 0 Å². The van der Waals surface area contributed by atoms with E-state index in [9.17, 15) is 4.79 Å². The second-order valence-electron chi connectivity index (χ2n) is 7.73. The van der Waals surface area contributed by atoms with E-state index < -0.39 is 0 Å². The van der Waals surface area contributed by atoms with Gasteiger partial charge in [-0.2, -0.15) is 15.0 Å². The number of esters is 1. The molecular weight excluding hydrogens is 420 g/mol. The summed E-state index contributed by atoms with van der Waals surface area (Å²) in [6.07, 6.45) is 0. The third-order valence-corrected chi connectivity index (χ3v) is 5.33. The predicted octanol–water partition coefficient (Wildman–Crippen LogP) is 3.99. The summed E-state index contributed by atoms with van der Waals surface area (Å²) in [5.41, 5.74) is 4.55. The number of rotatable bonds is 7. The highest BCUT2D eigenvalue weighted by molar-refractivity contribution is 5.89. The molecule has 1 fully saturated rings. The first-order valence-corrected chi connectivity index (χ1v) is 11.0. The summed E-state index contributed by atoms with van der Waals surface area (Å²) < 4.78 is 10.5. The zero-order valence-electron chi connectivity index (χ0n) is 19.1. The molecule has 1 aliphatic rings. The van der Waals surface area contributed by atoms with E-state index in [4.69, 9.17) is 9.47 Å². The van der Waals surface area contributed by atoms with Gasteiger partial charge < -0.3 is 25.0 Å². The number of aromatic nitrogens is 3. The van der Waals surface area contributed by atoms with Gasteiger partial charge in [0, 0.05) is 24.5 Å². The highest BCUT2D eigenvalue weighted by atomic mass is 16.5. The van der Waals surface area contributed by atoms with Crippen LogP contribution in [-0.2, 0) is 9.47 Å². The van der Waals surface area contributed by atoms with Crippen LogP contribution in [0.1, 0.15) is 28.4 Å². The van der Waals surface area contributed by atoms with Gasteiger partial charge in [0.05, 0.1) is 25.4 Å². The first-order chi connectivity index (χ1) is 16.0. The predicted molar refractivity (Wildman–Crippen MR) is 128 cm³/mol. The Balaban J connectivity index is 1.59. The second-order valence-corrected chi connectivity index (χ2v) is 7.73. The van der Waals surface area contributed by atoms with Gasteiger partial charge in [0.2, 0.25) is 17.8 Å². The van der Waals surface area contributed by atoms with Crippen LogP contribution < -0.4 is 15.5 Å². The van der Waals surface area contributed by atoms with Crippen molar-refractivity contribution in [1.29, 1.82) is 0 Å². The molecule has 4 rings (SSSR count). The maximum atomic E-state index is 11.9. The van der Waals surface area contributed by atoms with Crippen LogP contribution in [0.2, 0.25) is 0 Å². The highest BCUT2D eigenvalue weighted by Crippen LogP contribution is 2.22. The van der Waals surface area contributed by atoms with Gasteiger partial charge in [0.1, 0.15) is 0 Å². The summed E-state index contributed by atoms with van der Waals surface area (Å²) in [5, 5.41) is 6.51. The fourth-order valence-electron chi connectivity index (χ4n) is 3.36. The SMILES string of the molecule is CCOC(=O)c1ccc(Nc2nc(Nc3ccc(C)c(C)c3)nc(N3CCOCC3)n2)cc1. The van der Waals surface area contributed by atoms with Crippen molar-refractivity contribution in [3.8, 4) is 0 Å². The Hall–Kier alpha value is -3.72. The molecule has 0 amide bonds. The molecule has 2 heterocycles. The van der Waals surface area contributed by atoms with Crippen LogP contribution in [0.5, 0.6) is 0 Å². The van der Waals surface area contributed by atoms with Gasteiger partial charge >= 0.3 is 5.97 Å². The molecule has 0 spiro atoms. The molecule has 0 unspecified atom stereocenters. The van der Waals surface area contributed by atoms with Crippen molar-refractivity contribution in [2.45, 2.75) is 20.8 Å². The number of carbonyl (C=O) groups excluding carboxylic acids is 1. The fraction of sp³-hybridized carbons (Fsp3) is 0.333. The lowest BCUT2D eigenvalue weighted by molar-refractivity contribution is 0.0526. The Morgan fingerprint density at radius 3 is 2.21 bits per heavy atom. The summed E-state index contributed by atoms with van der Waals surface area (Å²) in [5.74, 6) is 1.08. The second kappa shape index (κ2) is 10.3. The Bertz CT molecular complexity index is 1110. The minimum Gasteiger partial charge on any atom is -0.462 e. The van der Waals surface area contributed by atoms with Gasteiger partial charge in [0.15, 0.2) is 0 Å². The minimum atomic E-state index is -0.348. The molecule has 9 nitrogen and oxygen atoms in total. The quantitative estimate of drug-likeness (QED) is 0.520. The minimum absolute atomic E-state index is 0.338. The first-order valence-electron chi connectivity index (χ1n) is 11.0. The summed E-state index contributed by atoms with van der Waals surface area (Å²) in [7, 11) is 0. The van der Waals surface area contributed by atoms with Crippen LogP contribution in [0, 0.1) is 13.8 Å². The van der Waals surface area contributed by atoms with Gasteiger partial charge in [0.25, 0.3) is 0 Å². The van der Waals surface area contributed by atoms with Crippen LogP contribution in [0.4, 0.5) is 29.2 Å². The number of ether oxygens (including phenoxy) is 2. The lowest BCUT2D eigenvalue weighted by Gasteiger charge is -2.27. The number of hydrogen-bond donors (Lipinski definition) is 2.